The predicted octanol–water partition coefficient (Wildman–Crippen LogP) is 2.00. The number of pyridine rings is 2. The Morgan fingerprint density at radius 2 is 2.00 bits per heavy atom. The van der Waals surface area contributed by atoms with Crippen molar-refractivity contribution in [2.45, 2.75) is 6.54 Å². The molecular weight excluding hydrogens is 220 g/mol. The predicted molar refractivity (Wildman–Crippen MR) is 62.5 cm³/mol. The Balaban J connectivity index is 2.12. The van der Waals surface area contributed by atoms with Crippen molar-refractivity contribution >= 4 is 11.5 Å². The summed E-state index contributed by atoms with van der Waals surface area (Å²) in [6.07, 6.45) is 4.86. The summed E-state index contributed by atoms with van der Waals surface area (Å²) in [4.78, 5) is 18.1. The second-order valence-corrected chi connectivity index (χ2v) is 3.34. The lowest BCUT2D eigenvalue weighted by atomic mass is 10.2. The summed E-state index contributed by atoms with van der Waals surface area (Å²) in [5.74, 6) is 0.273. The first-order chi connectivity index (χ1) is 8.27. The minimum absolute atomic E-state index is 0.0263. The first-order valence-corrected chi connectivity index (χ1v) is 4.99. The van der Waals surface area contributed by atoms with Crippen LogP contribution in [-0.4, -0.2) is 14.9 Å². The molecular formula is C11H10N4O2. The van der Waals surface area contributed by atoms with Crippen LogP contribution in [0.3, 0.4) is 0 Å². The number of rotatable bonds is 4. The minimum atomic E-state index is -0.456. The number of hydrogen-bond acceptors (Lipinski definition) is 5. The van der Waals surface area contributed by atoms with Crippen LogP contribution in [0.4, 0.5) is 11.5 Å². The van der Waals surface area contributed by atoms with Crippen LogP contribution in [-0.2, 0) is 6.54 Å². The fourth-order valence-corrected chi connectivity index (χ4v) is 1.37. The molecule has 0 aliphatic carbocycles. The molecule has 0 amide bonds. The number of hydrogen-bond donors (Lipinski definition) is 1. The quantitative estimate of drug-likeness (QED) is 0.641. The molecule has 0 aromatic carbocycles. The van der Waals surface area contributed by atoms with E-state index in [0.29, 0.717) is 6.54 Å². The first-order valence-electron chi connectivity index (χ1n) is 4.99. The third kappa shape index (κ3) is 2.75. The van der Waals surface area contributed by atoms with Gasteiger partial charge in [0, 0.05) is 31.2 Å². The van der Waals surface area contributed by atoms with Crippen molar-refractivity contribution in [3.8, 4) is 0 Å². The highest BCUT2D eigenvalue weighted by atomic mass is 16.6. The number of nitrogens with zero attached hydrogens (tertiary/aromatic N) is 3. The van der Waals surface area contributed by atoms with Crippen LogP contribution in [0, 0.1) is 10.1 Å². The molecule has 2 aromatic rings. The van der Waals surface area contributed by atoms with E-state index >= 15 is 0 Å². The van der Waals surface area contributed by atoms with Gasteiger partial charge in [-0.15, -0.1) is 0 Å². The molecule has 86 valence electrons. The average molecular weight is 230 g/mol. The van der Waals surface area contributed by atoms with Crippen molar-refractivity contribution in [3.05, 3.63) is 58.5 Å². The molecule has 0 atom stereocenters. The Bertz CT molecular complexity index is 516. The van der Waals surface area contributed by atoms with Gasteiger partial charge in [0.1, 0.15) is 0 Å². The molecule has 0 fully saturated rings. The van der Waals surface area contributed by atoms with E-state index in [4.69, 9.17) is 0 Å². The van der Waals surface area contributed by atoms with Gasteiger partial charge in [0.25, 0.3) is 0 Å². The lowest BCUT2D eigenvalue weighted by Crippen LogP contribution is -2.04. The molecule has 0 unspecified atom stereocenters. The highest BCUT2D eigenvalue weighted by Gasteiger charge is 2.13. The average Bonchev–Trinajstić information content (AvgIpc) is 2.38. The van der Waals surface area contributed by atoms with E-state index in [1.807, 2.05) is 12.1 Å². The van der Waals surface area contributed by atoms with Crippen LogP contribution < -0.4 is 5.32 Å². The van der Waals surface area contributed by atoms with E-state index in [1.54, 1.807) is 12.4 Å². The molecule has 17 heavy (non-hydrogen) atoms. The summed E-state index contributed by atoms with van der Waals surface area (Å²) in [6.45, 7) is 0.473. The largest absolute Gasteiger partial charge is 0.360 e. The van der Waals surface area contributed by atoms with E-state index in [1.165, 1.54) is 18.3 Å². The minimum Gasteiger partial charge on any atom is -0.360 e. The summed E-state index contributed by atoms with van der Waals surface area (Å²) in [6, 6.07) is 6.63. The van der Waals surface area contributed by atoms with Gasteiger partial charge in [0.2, 0.25) is 5.82 Å². The molecule has 0 saturated carbocycles. The van der Waals surface area contributed by atoms with Crippen LogP contribution >= 0.6 is 0 Å². The smallest absolute Gasteiger partial charge is 0.311 e. The van der Waals surface area contributed by atoms with Gasteiger partial charge in [0.15, 0.2) is 0 Å². The van der Waals surface area contributed by atoms with Gasteiger partial charge in [-0.1, -0.05) is 0 Å². The van der Waals surface area contributed by atoms with Gasteiger partial charge in [0.05, 0.1) is 4.92 Å². The molecule has 0 radical (unpaired) electrons. The fraction of sp³-hybridized carbons (Fsp3) is 0.0909. The summed E-state index contributed by atoms with van der Waals surface area (Å²) in [5, 5.41) is 13.7. The molecule has 0 spiro atoms. The summed E-state index contributed by atoms with van der Waals surface area (Å²) in [5.41, 5.74) is 0.960. The standard InChI is InChI=1S/C11H10N4O2/c16-15(17)10-2-1-5-13-11(10)14-8-9-3-6-12-7-4-9/h1-7H,8H2,(H,13,14). The molecule has 2 rings (SSSR count). The molecule has 0 aliphatic heterocycles. The monoisotopic (exact) mass is 230 g/mol. The van der Waals surface area contributed by atoms with E-state index in [0.717, 1.165) is 5.56 Å². The molecule has 2 heterocycles. The first kappa shape index (κ1) is 11.0. The Kier molecular flexibility index (Phi) is 3.25. The molecule has 0 bridgehead atoms. The van der Waals surface area contributed by atoms with Crippen LogP contribution in [0.2, 0.25) is 0 Å². The number of anilines is 1. The topological polar surface area (TPSA) is 81.0 Å². The lowest BCUT2D eigenvalue weighted by Gasteiger charge is -2.05. The summed E-state index contributed by atoms with van der Waals surface area (Å²) in [7, 11) is 0. The zero-order valence-electron chi connectivity index (χ0n) is 8.91. The second kappa shape index (κ2) is 5.02. The van der Waals surface area contributed by atoms with Crippen LogP contribution in [0.15, 0.2) is 42.9 Å². The van der Waals surface area contributed by atoms with Gasteiger partial charge >= 0.3 is 5.69 Å². The van der Waals surface area contributed by atoms with Crippen molar-refractivity contribution < 1.29 is 4.92 Å². The molecule has 1 N–H and O–H groups in total. The van der Waals surface area contributed by atoms with Gasteiger partial charge in [-0.2, -0.15) is 0 Å². The molecule has 0 saturated heterocycles. The highest BCUT2D eigenvalue weighted by molar-refractivity contribution is 5.55. The van der Waals surface area contributed by atoms with Crippen molar-refractivity contribution in [1.82, 2.24) is 9.97 Å². The Hall–Kier alpha value is -2.50. The molecule has 2 aromatic heterocycles. The van der Waals surface area contributed by atoms with Crippen molar-refractivity contribution in [3.63, 3.8) is 0 Å². The third-order valence-corrected chi connectivity index (χ3v) is 2.19. The second-order valence-electron chi connectivity index (χ2n) is 3.34. The van der Waals surface area contributed by atoms with Crippen molar-refractivity contribution in [2.24, 2.45) is 0 Å². The maximum atomic E-state index is 10.7. The Morgan fingerprint density at radius 1 is 1.24 bits per heavy atom. The van der Waals surface area contributed by atoms with Gasteiger partial charge < -0.3 is 5.32 Å². The van der Waals surface area contributed by atoms with Crippen LogP contribution in [0.1, 0.15) is 5.56 Å². The van der Waals surface area contributed by atoms with Crippen LogP contribution in [0.5, 0.6) is 0 Å². The Morgan fingerprint density at radius 3 is 2.71 bits per heavy atom. The zero-order valence-corrected chi connectivity index (χ0v) is 8.91. The van der Waals surface area contributed by atoms with E-state index in [2.05, 4.69) is 15.3 Å². The zero-order chi connectivity index (χ0) is 12.1. The maximum absolute atomic E-state index is 10.7. The van der Waals surface area contributed by atoms with E-state index < -0.39 is 4.92 Å². The number of nitrogens with one attached hydrogen (secondary N) is 1. The third-order valence-electron chi connectivity index (χ3n) is 2.19. The lowest BCUT2D eigenvalue weighted by molar-refractivity contribution is -0.384. The van der Waals surface area contributed by atoms with E-state index in [-0.39, 0.29) is 11.5 Å². The maximum Gasteiger partial charge on any atom is 0.311 e. The SMILES string of the molecule is O=[N+]([O-])c1cccnc1NCc1ccncc1. The van der Waals surface area contributed by atoms with Crippen molar-refractivity contribution in [2.75, 3.05) is 5.32 Å². The van der Waals surface area contributed by atoms with Crippen LogP contribution in [0.25, 0.3) is 0 Å². The highest BCUT2D eigenvalue weighted by Crippen LogP contribution is 2.20. The molecule has 6 nitrogen and oxygen atoms in total. The normalized spacial score (nSPS) is 9.88. The summed E-state index contributed by atoms with van der Waals surface area (Å²) >= 11 is 0. The Labute approximate surface area is 97.5 Å². The molecule has 0 aliphatic rings. The van der Waals surface area contributed by atoms with Gasteiger partial charge in [-0.3, -0.25) is 15.1 Å². The summed E-state index contributed by atoms with van der Waals surface area (Å²) < 4.78 is 0. The van der Waals surface area contributed by atoms with Crippen molar-refractivity contribution in [1.29, 1.82) is 0 Å². The van der Waals surface area contributed by atoms with Gasteiger partial charge in [-0.05, 0) is 23.8 Å². The fourth-order valence-electron chi connectivity index (χ4n) is 1.37. The van der Waals surface area contributed by atoms with Gasteiger partial charge in [-0.25, -0.2) is 4.98 Å². The molecule has 6 heteroatoms. The van der Waals surface area contributed by atoms with E-state index in [9.17, 15) is 10.1 Å². The number of nitro groups is 1. The number of aromatic nitrogens is 2.